The van der Waals surface area contributed by atoms with Gasteiger partial charge in [0.1, 0.15) is 16.2 Å². The lowest BCUT2D eigenvalue weighted by molar-refractivity contribution is -0.123. The van der Waals surface area contributed by atoms with Crippen LogP contribution in [0, 0.1) is 0 Å². The normalized spacial score (nSPS) is 21.5. The zero-order valence-corrected chi connectivity index (χ0v) is 17.3. The van der Waals surface area contributed by atoms with Crippen molar-refractivity contribution in [1.29, 1.82) is 0 Å². The Labute approximate surface area is 177 Å². The van der Waals surface area contributed by atoms with Gasteiger partial charge in [-0.2, -0.15) is 0 Å². The van der Waals surface area contributed by atoms with E-state index in [2.05, 4.69) is 55.1 Å². The SMILES string of the molecule is C=C(C)C(=O)N1C2c3cc4ccccc4cc3C(c3cc4ccccc4cc32)S1=O. The third-order valence-electron chi connectivity index (χ3n) is 6.25. The maximum Gasteiger partial charge on any atom is 0.261 e. The van der Waals surface area contributed by atoms with Crippen LogP contribution in [0.15, 0.2) is 84.9 Å². The van der Waals surface area contributed by atoms with E-state index in [1.54, 1.807) is 11.2 Å². The van der Waals surface area contributed by atoms with Gasteiger partial charge in [-0.25, -0.2) is 8.51 Å². The molecule has 3 nitrogen and oxygen atoms in total. The second kappa shape index (κ2) is 6.13. The Bertz CT molecular complexity index is 1350. The number of amides is 1. The molecule has 30 heavy (non-hydrogen) atoms. The van der Waals surface area contributed by atoms with Crippen LogP contribution in [-0.4, -0.2) is 14.4 Å². The second-order valence-corrected chi connectivity index (χ2v) is 9.54. The summed E-state index contributed by atoms with van der Waals surface area (Å²) in [6.07, 6.45) is 0. The summed E-state index contributed by atoms with van der Waals surface area (Å²) in [5.74, 6) is -0.249. The van der Waals surface area contributed by atoms with E-state index in [0.717, 1.165) is 43.8 Å². The van der Waals surface area contributed by atoms with Crippen LogP contribution in [0.25, 0.3) is 21.5 Å². The van der Waals surface area contributed by atoms with Crippen molar-refractivity contribution in [2.45, 2.75) is 18.2 Å². The summed E-state index contributed by atoms with van der Waals surface area (Å²) >= 11 is 0. The molecule has 1 aliphatic carbocycles. The van der Waals surface area contributed by atoms with Gasteiger partial charge in [-0.05, 0) is 75.0 Å². The minimum atomic E-state index is -1.50. The van der Waals surface area contributed by atoms with Crippen molar-refractivity contribution in [3.8, 4) is 0 Å². The third-order valence-corrected chi connectivity index (χ3v) is 7.93. The smallest absolute Gasteiger partial charge is 0.261 e. The average Bonchev–Trinajstić information content (AvgIpc) is 2.76. The number of hydrogen-bond acceptors (Lipinski definition) is 2. The van der Waals surface area contributed by atoms with Crippen molar-refractivity contribution >= 4 is 38.4 Å². The first kappa shape index (κ1) is 17.6. The standard InChI is InChI=1S/C26H19NO2S/c1-15(2)26(28)27-24-20-11-16-7-3-5-9-18(16)13-22(20)25(30(27)29)23-14-19-10-6-4-8-17(19)12-21(23)24/h3-14,24-25H,1H2,2H3. The first-order valence-electron chi connectivity index (χ1n) is 9.99. The monoisotopic (exact) mass is 409 g/mol. The van der Waals surface area contributed by atoms with Gasteiger partial charge >= 0.3 is 0 Å². The molecule has 4 aromatic rings. The van der Waals surface area contributed by atoms with Gasteiger partial charge in [-0.15, -0.1) is 0 Å². The molecule has 3 aliphatic rings. The Hall–Kier alpha value is -3.24. The molecular formula is C26H19NO2S. The maximum absolute atomic E-state index is 13.7. The van der Waals surface area contributed by atoms with Crippen LogP contribution < -0.4 is 0 Å². The van der Waals surface area contributed by atoms with Crippen LogP contribution in [0.5, 0.6) is 0 Å². The van der Waals surface area contributed by atoms with E-state index in [-0.39, 0.29) is 17.2 Å². The van der Waals surface area contributed by atoms with Crippen molar-refractivity contribution in [1.82, 2.24) is 4.31 Å². The van der Waals surface area contributed by atoms with Gasteiger partial charge in [0.25, 0.3) is 5.91 Å². The molecule has 0 spiro atoms. The van der Waals surface area contributed by atoms with Crippen molar-refractivity contribution in [2.24, 2.45) is 0 Å². The molecule has 0 saturated heterocycles. The van der Waals surface area contributed by atoms with Gasteiger partial charge in [-0.3, -0.25) is 4.79 Å². The molecule has 1 amide bonds. The van der Waals surface area contributed by atoms with Gasteiger partial charge in [0.05, 0.1) is 6.04 Å². The predicted octanol–water partition coefficient (Wildman–Crippen LogP) is 5.57. The van der Waals surface area contributed by atoms with Gasteiger partial charge in [0, 0.05) is 5.57 Å². The van der Waals surface area contributed by atoms with E-state index in [0.29, 0.717) is 5.57 Å². The molecule has 4 heteroatoms. The average molecular weight is 410 g/mol. The fourth-order valence-corrected chi connectivity index (χ4v) is 6.71. The van der Waals surface area contributed by atoms with Crippen LogP contribution in [0.2, 0.25) is 0 Å². The van der Waals surface area contributed by atoms with Crippen molar-refractivity contribution < 1.29 is 9.00 Å². The molecule has 2 aliphatic heterocycles. The van der Waals surface area contributed by atoms with Crippen LogP contribution >= 0.6 is 0 Å². The van der Waals surface area contributed by atoms with Gasteiger partial charge < -0.3 is 0 Å². The number of carbonyl (C=O) groups is 1. The first-order valence-corrected chi connectivity index (χ1v) is 11.2. The van der Waals surface area contributed by atoms with E-state index >= 15 is 0 Å². The molecule has 4 aromatic carbocycles. The predicted molar refractivity (Wildman–Crippen MR) is 121 cm³/mol. The summed E-state index contributed by atoms with van der Waals surface area (Å²) in [5.41, 5.74) is 4.66. The number of fused-ring (bicyclic) bond motifs is 3. The van der Waals surface area contributed by atoms with E-state index in [4.69, 9.17) is 0 Å². The number of rotatable bonds is 1. The highest BCUT2D eigenvalue weighted by Crippen LogP contribution is 2.54. The van der Waals surface area contributed by atoms with Crippen molar-refractivity contribution in [3.05, 3.63) is 107 Å². The van der Waals surface area contributed by atoms with Crippen LogP contribution in [0.1, 0.15) is 40.5 Å². The molecule has 1 atom stereocenters. The zero-order chi connectivity index (χ0) is 20.6. The van der Waals surface area contributed by atoms with E-state index < -0.39 is 11.0 Å². The summed E-state index contributed by atoms with van der Waals surface area (Å²) in [5, 5.41) is 4.14. The lowest BCUT2D eigenvalue weighted by atomic mass is 9.79. The van der Waals surface area contributed by atoms with E-state index in [1.807, 2.05) is 24.3 Å². The van der Waals surface area contributed by atoms with Gasteiger partial charge in [-0.1, -0.05) is 55.1 Å². The number of carbonyl (C=O) groups excluding carboxylic acids is 1. The van der Waals surface area contributed by atoms with Crippen LogP contribution in [-0.2, 0) is 15.8 Å². The minimum absolute atomic E-state index is 0.249. The highest BCUT2D eigenvalue weighted by molar-refractivity contribution is 7.83. The van der Waals surface area contributed by atoms with Gasteiger partial charge in [0.15, 0.2) is 0 Å². The number of nitrogens with zero attached hydrogens (tertiary/aromatic N) is 1. The highest BCUT2D eigenvalue weighted by atomic mass is 32.2. The second-order valence-electron chi connectivity index (χ2n) is 8.13. The molecular weight excluding hydrogens is 390 g/mol. The summed E-state index contributed by atoms with van der Waals surface area (Å²) in [6, 6.07) is 24.7. The Morgan fingerprint density at radius 2 is 1.20 bits per heavy atom. The van der Waals surface area contributed by atoms with Gasteiger partial charge in [0.2, 0.25) is 0 Å². The van der Waals surface area contributed by atoms with Crippen LogP contribution in [0.3, 0.4) is 0 Å². The molecule has 0 aromatic heterocycles. The molecule has 2 heterocycles. The molecule has 0 saturated carbocycles. The molecule has 0 N–H and O–H groups in total. The highest BCUT2D eigenvalue weighted by Gasteiger charge is 2.49. The van der Waals surface area contributed by atoms with Crippen molar-refractivity contribution in [3.63, 3.8) is 0 Å². The Balaban J connectivity index is 1.71. The Morgan fingerprint density at radius 3 is 1.60 bits per heavy atom. The fraction of sp³-hybridized carbons (Fsp3) is 0.115. The fourth-order valence-electron chi connectivity index (χ4n) is 4.89. The summed E-state index contributed by atoms with van der Waals surface area (Å²) < 4.78 is 15.2. The molecule has 1 unspecified atom stereocenters. The lowest BCUT2D eigenvalue weighted by Gasteiger charge is -2.46. The summed E-state index contributed by atoms with van der Waals surface area (Å²) in [4.78, 5) is 13.1. The third kappa shape index (κ3) is 2.25. The molecule has 2 bridgehead atoms. The first-order chi connectivity index (χ1) is 14.5. The summed E-state index contributed by atoms with van der Waals surface area (Å²) in [7, 11) is -1.50. The molecule has 146 valence electrons. The maximum atomic E-state index is 13.7. The topological polar surface area (TPSA) is 37.4 Å². The number of hydrogen-bond donors (Lipinski definition) is 0. The Kier molecular flexibility index (Phi) is 3.60. The lowest BCUT2D eigenvalue weighted by Crippen LogP contribution is -2.47. The van der Waals surface area contributed by atoms with Crippen LogP contribution in [0.4, 0.5) is 0 Å². The molecule has 0 radical (unpaired) electrons. The van der Waals surface area contributed by atoms with E-state index in [9.17, 15) is 9.00 Å². The molecule has 0 fully saturated rings. The van der Waals surface area contributed by atoms with E-state index in [1.165, 1.54) is 0 Å². The summed E-state index contributed by atoms with van der Waals surface area (Å²) in [6.45, 7) is 5.52. The van der Waals surface area contributed by atoms with Crippen molar-refractivity contribution in [2.75, 3.05) is 0 Å². The quantitative estimate of drug-likeness (QED) is 0.386. The molecule has 7 rings (SSSR count). The largest absolute Gasteiger partial charge is 0.268 e. The minimum Gasteiger partial charge on any atom is -0.268 e. The Morgan fingerprint density at radius 1 is 0.800 bits per heavy atom. The number of benzene rings is 4. The zero-order valence-electron chi connectivity index (χ0n) is 16.5.